The molecule has 19 heavy (non-hydrogen) atoms. The van der Waals surface area contributed by atoms with Gasteiger partial charge >= 0.3 is 5.97 Å². The lowest BCUT2D eigenvalue weighted by atomic mass is 10.1. The van der Waals surface area contributed by atoms with Gasteiger partial charge in [-0.3, -0.25) is 0 Å². The number of carbonyl (C=O) groups excluding carboxylic acids is 1. The number of ether oxygens (including phenoxy) is 1. The average molecular weight is 319 g/mol. The molecule has 1 aromatic carbocycles. The van der Waals surface area contributed by atoms with Gasteiger partial charge < -0.3 is 9.15 Å². The molecule has 0 amide bonds. The van der Waals surface area contributed by atoms with Crippen molar-refractivity contribution in [1.82, 2.24) is 0 Å². The van der Waals surface area contributed by atoms with Crippen LogP contribution in [0, 0.1) is 19.3 Å². The first-order valence-corrected chi connectivity index (χ1v) is 6.38. The largest absolute Gasteiger partial charge is 0.449 e. The molecule has 0 aliphatic carbocycles. The number of hydrogen-bond donors (Lipinski definition) is 0. The first kappa shape index (κ1) is 13.4. The molecule has 2 rings (SSSR count). The van der Waals surface area contributed by atoms with Gasteiger partial charge in [-0.25, -0.2) is 4.79 Å². The van der Waals surface area contributed by atoms with Gasteiger partial charge in [0.25, 0.3) is 0 Å². The summed E-state index contributed by atoms with van der Waals surface area (Å²) in [6.45, 7) is 1.92. The smallest absolute Gasteiger partial charge is 0.375 e. The van der Waals surface area contributed by atoms with Crippen LogP contribution in [0.4, 0.5) is 0 Å². The van der Waals surface area contributed by atoms with E-state index in [1.54, 1.807) is 12.1 Å². The highest BCUT2D eigenvalue weighted by molar-refractivity contribution is 9.10. The Balaban J connectivity index is 2.23. The molecule has 4 heteroatoms. The fraction of sp³-hybridized carbons (Fsp3) is 0.133. The molecule has 1 aromatic heterocycles. The lowest BCUT2D eigenvalue weighted by molar-refractivity contribution is 0.0521. The van der Waals surface area contributed by atoms with Crippen molar-refractivity contribution in [3.8, 4) is 23.7 Å². The van der Waals surface area contributed by atoms with Crippen molar-refractivity contribution in [3.05, 3.63) is 46.1 Å². The first-order valence-electron chi connectivity index (χ1n) is 5.59. The standard InChI is InChI=1S/C15H11BrO3/c1-3-8-18-15(17)14-7-6-13(19-14)11-4-5-12(16)10(2)9-11/h1,4-7,9H,8H2,2H3. The van der Waals surface area contributed by atoms with Crippen molar-refractivity contribution in [2.75, 3.05) is 6.61 Å². The summed E-state index contributed by atoms with van der Waals surface area (Å²) in [6.07, 6.45) is 5.02. The van der Waals surface area contributed by atoms with Gasteiger partial charge in [-0.1, -0.05) is 27.9 Å². The molecule has 0 saturated heterocycles. The Morgan fingerprint density at radius 3 is 2.89 bits per heavy atom. The van der Waals surface area contributed by atoms with Crippen LogP contribution >= 0.6 is 15.9 Å². The van der Waals surface area contributed by atoms with Gasteiger partial charge in [-0.2, -0.15) is 0 Å². The number of hydrogen-bond acceptors (Lipinski definition) is 3. The maximum absolute atomic E-state index is 11.6. The number of terminal acetylenes is 1. The summed E-state index contributed by atoms with van der Waals surface area (Å²) in [7, 11) is 0. The van der Waals surface area contributed by atoms with Crippen LogP contribution < -0.4 is 0 Å². The van der Waals surface area contributed by atoms with Crippen molar-refractivity contribution in [2.45, 2.75) is 6.92 Å². The Bertz CT molecular complexity index is 650. The lowest BCUT2D eigenvalue weighted by Gasteiger charge is -2.01. The summed E-state index contributed by atoms with van der Waals surface area (Å²) in [6, 6.07) is 9.12. The quantitative estimate of drug-likeness (QED) is 0.638. The molecule has 0 aliphatic heterocycles. The van der Waals surface area contributed by atoms with Gasteiger partial charge in [0.15, 0.2) is 6.61 Å². The summed E-state index contributed by atoms with van der Waals surface area (Å²) in [5.74, 6) is 2.43. The number of benzene rings is 1. The predicted molar refractivity (Wildman–Crippen MR) is 75.7 cm³/mol. The molecule has 0 unspecified atom stereocenters. The molecule has 0 saturated carbocycles. The monoisotopic (exact) mass is 318 g/mol. The fourth-order valence-electron chi connectivity index (χ4n) is 1.58. The van der Waals surface area contributed by atoms with E-state index in [1.807, 2.05) is 25.1 Å². The third-order valence-electron chi connectivity index (χ3n) is 2.54. The summed E-state index contributed by atoms with van der Waals surface area (Å²) < 4.78 is 11.3. The second kappa shape index (κ2) is 5.77. The number of carbonyl (C=O) groups is 1. The van der Waals surface area contributed by atoms with Crippen LogP contribution in [-0.4, -0.2) is 12.6 Å². The molecule has 0 spiro atoms. The summed E-state index contributed by atoms with van der Waals surface area (Å²) in [5, 5.41) is 0. The Morgan fingerprint density at radius 1 is 1.42 bits per heavy atom. The number of halogens is 1. The number of aryl methyl sites for hydroxylation is 1. The second-order valence-corrected chi connectivity index (χ2v) is 4.76. The van der Waals surface area contributed by atoms with E-state index in [4.69, 9.17) is 15.6 Å². The van der Waals surface area contributed by atoms with Crippen LogP contribution in [0.15, 0.2) is 39.2 Å². The van der Waals surface area contributed by atoms with E-state index in [9.17, 15) is 4.79 Å². The van der Waals surface area contributed by atoms with E-state index >= 15 is 0 Å². The normalized spacial score (nSPS) is 9.95. The van der Waals surface area contributed by atoms with E-state index in [0.717, 1.165) is 15.6 Å². The van der Waals surface area contributed by atoms with Gasteiger partial charge in [-0.05, 0) is 36.8 Å². The van der Waals surface area contributed by atoms with E-state index in [1.165, 1.54) is 0 Å². The third-order valence-corrected chi connectivity index (χ3v) is 3.43. The molecule has 0 aliphatic rings. The molecule has 0 atom stereocenters. The molecular weight excluding hydrogens is 308 g/mol. The van der Waals surface area contributed by atoms with Crippen LogP contribution in [0.2, 0.25) is 0 Å². The van der Waals surface area contributed by atoms with Gasteiger partial charge in [0.1, 0.15) is 5.76 Å². The summed E-state index contributed by atoms with van der Waals surface area (Å²) >= 11 is 3.44. The SMILES string of the molecule is C#CCOC(=O)c1ccc(-c2ccc(Br)c(C)c2)o1. The van der Waals surface area contributed by atoms with Crippen LogP contribution in [0.25, 0.3) is 11.3 Å². The first-order chi connectivity index (χ1) is 9.11. The van der Waals surface area contributed by atoms with Crippen molar-refractivity contribution in [2.24, 2.45) is 0 Å². The maximum atomic E-state index is 11.6. The second-order valence-electron chi connectivity index (χ2n) is 3.91. The van der Waals surface area contributed by atoms with Gasteiger partial charge in [0.05, 0.1) is 0 Å². The molecule has 96 valence electrons. The fourth-order valence-corrected chi connectivity index (χ4v) is 1.83. The molecule has 0 fully saturated rings. The molecular formula is C15H11BrO3. The van der Waals surface area contributed by atoms with E-state index in [-0.39, 0.29) is 12.4 Å². The Labute approximate surface area is 119 Å². The van der Waals surface area contributed by atoms with Crippen LogP contribution in [0.1, 0.15) is 16.1 Å². The molecule has 0 N–H and O–H groups in total. The number of esters is 1. The van der Waals surface area contributed by atoms with Crippen molar-refractivity contribution < 1.29 is 13.9 Å². The van der Waals surface area contributed by atoms with Gasteiger partial charge in [0, 0.05) is 10.0 Å². The van der Waals surface area contributed by atoms with Crippen LogP contribution in [-0.2, 0) is 4.74 Å². The molecule has 0 radical (unpaired) electrons. The van der Waals surface area contributed by atoms with E-state index in [0.29, 0.717) is 5.76 Å². The minimum absolute atomic E-state index is 0.0632. The topological polar surface area (TPSA) is 39.4 Å². The third kappa shape index (κ3) is 3.07. The maximum Gasteiger partial charge on any atom is 0.375 e. The molecule has 2 aromatic rings. The molecule has 3 nitrogen and oxygen atoms in total. The molecule has 1 heterocycles. The highest BCUT2D eigenvalue weighted by Gasteiger charge is 2.13. The Kier molecular flexibility index (Phi) is 4.08. The number of furan rings is 1. The van der Waals surface area contributed by atoms with Gasteiger partial charge in [0.2, 0.25) is 5.76 Å². The lowest BCUT2D eigenvalue weighted by Crippen LogP contribution is -2.03. The Hall–Kier alpha value is -1.99. The highest BCUT2D eigenvalue weighted by atomic mass is 79.9. The minimum Gasteiger partial charge on any atom is -0.449 e. The number of rotatable bonds is 3. The zero-order valence-electron chi connectivity index (χ0n) is 10.3. The van der Waals surface area contributed by atoms with Gasteiger partial charge in [-0.15, -0.1) is 6.42 Å². The molecule has 0 bridgehead atoms. The zero-order valence-corrected chi connectivity index (χ0v) is 11.9. The predicted octanol–water partition coefficient (Wildman–Crippen LogP) is 3.81. The van der Waals surface area contributed by atoms with E-state index in [2.05, 4.69) is 21.9 Å². The van der Waals surface area contributed by atoms with Crippen molar-refractivity contribution in [3.63, 3.8) is 0 Å². The van der Waals surface area contributed by atoms with E-state index < -0.39 is 5.97 Å². The van der Waals surface area contributed by atoms with Crippen LogP contribution in [0.3, 0.4) is 0 Å². The highest BCUT2D eigenvalue weighted by Crippen LogP contribution is 2.26. The van der Waals surface area contributed by atoms with Crippen molar-refractivity contribution in [1.29, 1.82) is 0 Å². The average Bonchev–Trinajstić information content (AvgIpc) is 2.89. The summed E-state index contributed by atoms with van der Waals surface area (Å²) in [5.41, 5.74) is 1.99. The van der Waals surface area contributed by atoms with Crippen molar-refractivity contribution >= 4 is 21.9 Å². The Morgan fingerprint density at radius 2 is 2.21 bits per heavy atom. The zero-order chi connectivity index (χ0) is 13.8. The minimum atomic E-state index is -0.557. The summed E-state index contributed by atoms with van der Waals surface area (Å²) in [4.78, 5) is 11.6. The van der Waals surface area contributed by atoms with Crippen LogP contribution in [0.5, 0.6) is 0 Å².